The summed E-state index contributed by atoms with van der Waals surface area (Å²) in [4.78, 5) is 7.79. The minimum Gasteiger partial charge on any atom is -0.369 e. The molecule has 28 heavy (non-hydrogen) atoms. The summed E-state index contributed by atoms with van der Waals surface area (Å²) >= 11 is 6.17. The van der Waals surface area contributed by atoms with Crippen LogP contribution in [0.4, 0.5) is 5.69 Å². The Labute approximate surface area is 173 Å². The number of hydrogen-bond donors (Lipinski definition) is 0. The molecule has 0 saturated carbocycles. The normalized spacial score (nSPS) is 22.0. The highest BCUT2D eigenvalue weighted by atomic mass is 35.5. The second kappa shape index (κ2) is 8.85. The molecule has 2 saturated heterocycles. The average molecular weight is 402 g/mol. The fourth-order valence-corrected chi connectivity index (χ4v) is 4.88. The van der Waals surface area contributed by atoms with Crippen LogP contribution in [-0.4, -0.2) is 64.9 Å². The highest BCUT2D eigenvalue weighted by molar-refractivity contribution is 6.30. The third-order valence-electron chi connectivity index (χ3n) is 6.38. The summed E-state index contributed by atoms with van der Waals surface area (Å²) < 4.78 is 2.10. The van der Waals surface area contributed by atoms with Crippen molar-refractivity contribution < 1.29 is 0 Å². The average Bonchev–Trinajstić information content (AvgIpc) is 3.08. The van der Waals surface area contributed by atoms with Crippen molar-refractivity contribution in [1.82, 2.24) is 19.6 Å². The Bertz CT molecular complexity index is 781. The molecule has 0 radical (unpaired) electrons. The summed E-state index contributed by atoms with van der Waals surface area (Å²) in [6, 6.07) is 8.92. The molecule has 1 atom stereocenters. The standard InChI is InChI=1S/C22H32ClN5/c1-3-28-18(2)19(15-24-28)16-25-9-5-8-22(17-25)27-12-10-26(11-13-27)21-7-4-6-20(23)14-21/h4,6-7,14-15,22H,3,5,8-13,16-17H2,1-2H3/t22-/m0/s1. The van der Waals surface area contributed by atoms with Crippen LogP contribution in [0.25, 0.3) is 0 Å². The Morgan fingerprint density at radius 3 is 2.68 bits per heavy atom. The Morgan fingerprint density at radius 1 is 1.14 bits per heavy atom. The summed E-state index contributed by atoms with van der Waals surface area (Å²) in [6.07, 6.45) is 4.67. The smallest absolute Gasteiger partial charge is 0.0537 e. The molecule has 0 aliphatic carbocycles. The molecule has 0 amide bonds. The lowest BCUT2D eigenvalue weighted by Gasteiger charge is -2.44. The first-order chi connectivity index (χ1) is 13.6. The number of hydrogen-bond acceptors (Lipinski definition) is 4. The zero-order chi connectivity index (χ0) is 19.5. The van der Waals surface area contributed by atoms with Crippen LogP contribution in [0.15, 0.2) is 30.5 Å². The molecule has 0 N–H and O–H groups in total. The van der Waals surface area contributed by atoms with Crippen LogP contribution in [0.3, 0.4) is 0 Å². The molecule has 2 aliphatic heterocycles. The Kier molecular flexibility index (Phi) is 6.24. The van der Waals surface area contributed by atoms with E-state index in [1.54, 1.807) is 0 Å². The number of rotatable bonds is 5. The van der Waals surface area contributed by atoms with Crippen molar-refractivity contribution in [3.8, 4) is 0 Å². The van der Waals surface area contributed by atoms with Crippen molar-refractivity contribution in [2.75, 3.05) is 44.2 Å². The predicted molar refractivity (Wildman–Crippen MR) is 116 cm³/mol. The van der Waals surface area contributed by atoms with Crippen molar-refractivity contribution in [2.45, 2.75) is 45.8 Å². The van der Waals surface area contributed by atoms with Gasteiger partial charge < -0.3 is 4.90 Å². The highest BCUT2D eigenvalue weighted by Crippen LogP contribution is 2.24. The van der Waals surface area contributed by atoms with Crippen molar-refractivity contribution in [1.29, 1.82) is 0 Å². The molecule has 152 valence electrons. The molecule has 4 rings (SSSR count). The van der Waals surface area contributed by atoms with Gasteiger partial charge in [-0.25, -0.2) is 0 Å². The number of piperidine rings is 1. The summed E-state index contributed by atoms with van der Waals surface area (Å²) in [6.45, 7) is 13.2. The molecule has 0 unspecified atom stereocenters. The van der Waals surface area contributed by atoms with Crippen molar-refractivity contribution in [2.24, 2.45) is 0 Å². The van der Waals surface area contributed by atoms with Crippen LogP contribution in [0.1, 0.15) is 31.0 Å². The van der Waals surface area contributed by atoms with E-state index in [4.69, 9.17) is 11.6 Å². The number of halogens is 1. The van der Waals surface area contributed by atoms with Gasteiger partial charge in [0.25, 0.3) is 0 Å². The van der Waals surface area contributed by atoms with Gasteiger partial charge in [0.1, 0.15) is 0 Å². The second-order valence-corrected chi connectivity index (χ2v) is 8.54. The summed E-state index contributed by atoms with van der Waals surface area (Å²) in [5.41, 5.74) is 3.95. The predicted octanol–water partition coefficient (Wildman–Crippen LogP) is 3.65. The first-order valence-corrected chi connectivity index (χ1v) is 11.0. The number of aryl methyl sites for hydroxylation is 1. The van der Waals surface area contributed by atoms with Crippen molar-refractivity contribution >= 4 is 17.3 Å². The van der Waals surface area contributed by atoms with Gasteiger partial charge in [-0.15, -0.1) is 0 Å². The van der Waals surface area contributed by atoms with Gasteiger partial charge in [-0.3, -0.25) is 14.5 Å². The van der Waals surface area contributed by atoms with Gasteiger partial charge in [-0.1, -0.05) is 17.7 Å². The molecular formula is C22H32ClN5. The van der Waals surface area contributed by atoms with Crippen LogP contribution in [0, 0.1) is 6.92 Å². The van der Waals surface area contributed by atoms with Crippen LogP contribution < -0.4 is 4.90 Å². The van der Waals surface area contributed by atoms with Gasteiger partial charge in [0.2, 0.25) is 0 Å². The Balaban J connectivity index is 1.32. The fraction of sp³-hybridized carbons (Fsp3) is 0.591. The van der Waals surface area contributed by atoms with Gasteiger partial charge >= 0.3 is 0 Å². The maximum atomic E-state index is 6.17. The van der Waals surface area contributed by atoms with Gasteiger partial charge in [0.15, 0.2) is 0 Å². The number of likely N-dealkylation sites (tertiary alicyclic amines) is 1. The Hall–Kier alpha value is -1.56. The van der Waals surface area contributed by atoms with E-state index in [0.717, 1.165) is 44.3 Å². The summed E-state index contributed by atoms with van der Waals surface area (Å²) in [5.74, 6) is 0. The maximum Gasteiger partial charge on any atom is 0.0537 e. The molecule has 2 aromatic rings. The van der Waals surface area contributed by atoms with E-state index in [-0.39, 0.29) is 0 Å². The fourth-order valence-electron chi connectivity index (χ4n) is 4.69. The molecule has 3 heterocycles. The molecule has 0 spiro atoms. The van der Waals surface area contributed by atoms with Crippen molar-refractivity contribution in [3.05, 3.63) is 46.7 Å². The third kappa shape index (κ3) is 4.37. The lowest BCUT2D eigenvalue weighted by Crippen LogP contribution is -2.55. The molecule has 1 aromatic carbocycles. The number of aromatic nitrogens is 2. The molecule has 1 aromatic heterocycles. The zero-order valence-electron chi connectivity index (χ0n) is 17.1. The number of benzene rings is 1. The summed E-state index contributed by atoms with van der Waals surface area (Å²) in [7, 11) is 0. The van der Waals surface area contributed by atoms with Gasteiger partial charge in [-0.2, -0.15) is 5.10 Å². The quantitative estimate of drug-likeness (QED) is 0.764. The van der Waals surface area contributed by atoms with E-state index in [2.05, 4.69) is 56.7 Å². The molecule has 2 fully saturated rings. The SMILES string of the molecule is CCn1ncc(CN2CCC[C@H](N3CCN(c4cccc(Cl)c4)CC3)C2)c1C. The van der Waals surface area contributed by atoms with Crippen LogP contribution in [0.2, 0.25) is 5.02 Å². The lowest BCUT2D eigenvalue weighted by molar-refractivity contribution is 0.0886. The molecule has 5 nitrogen and oxygen atoms in total. The minimum absolute atomic E-state index is 0.678. The zero-order valence-corrected chi connectivity index (χ0v) is 17.9. The first-order valence-electron chi connectivity index (χ1n) is 10.6. The summed E-state index contributed by atoms with van der Waals surface area (Å²) in [5, 5.41) is 5.34. The topological polar surface area (TPSA) is 27.5 Å². The second-order valence-electron chi connectivity index (χ2n) is 8.11. The third-order valence-corrected chi connectivity index (χ3v) is 6.62. The molecule has 0 bridgehead atoms. The highest BCUT2D eigenvalue weighted by Gasteiger charge is 2.28. The minimum atomic E-state index is 0.678. The number of anilines is 1. The largest absolute Gasteiger partial charge is 0.369 e. The molecule has 6 heteroatoms. The Morgan fingerprint density at radius 2 is 1.96 bits per heavy atom. The molecular weight excluding hydrogens is 370 g/mol. The van der Waals surface area contributed by atoms with E-state index >= 15 is 0 Å². The monoisotopic (exact) mass is 401 g/mol. The van der Waals surface area contributed by atoms with Crippen LogP contribution in [0.5, 0.6) is 0 Å². The van der Waals surface area contributed by atoms with Crippen LogP contribution >= 0.6 is 11.6 Å². The van der Waals surface area contributed by atoms with E-state index in [1.807, 2.05) is 12.1 Å². The maximum absolute atomic E-state index is 6.17. The first kappa shape index (κ1) is 19.7. The van der Waals surface area contributed by atoms with Crippen LogP contribution in [-0.2, 0) is 13.1 Å². The van der Waals surface area contributed by atoms with E-state index in [9.17, 15) is 0 Å². The van der Waals surface area contributed by atoms with Gasteiger partial charge in [0, 0.05) is 73.8 Å². The number of nitrogens with zero attached hydrogens (tertiary/aromatic N) is 5. The van der Waals surface area contributed by atoms with Gasteiger partial charge in [0.05, 0.1) is 6.20 Å². The van der Waals surface area contributed by atoms with Crippen molar-refractivity contribution in [3.63, 3.8) is 0 Å². The number of piperazine rings is 1. The van der Waals surface area contributed by atoms with E-state index in [0.29, 0.717) is 6.04 Å². The molecule has 2 aliphatic rings. The van der Waals surface area contributed by atoms with E-state index < -0.39 is 0 Å². The lowest BCUT2D eigenvalue weighted by atomic mass is 10.0. The van der Waals surface area contributed by atoms with E-state index in [1.165, 1.54) is 42.9 Å². The van der Waals surface area contributed by atoms with Gasteiger partial charge in [-0.05, 0) is 51.4 Å².